The number of nitrogens with one attached hydrogen (secondary N) is 2. The molecule has 3 amide bonds. The maximum absolute atomic E-state index is 11.6. The van der Waals surface area contributed by atoms with E-state index in [1.54, 1.807) is 24.3 Å². The summed E-state index contributed by atoms with van der Waals surface area (Å²) in [4.78, 5) is 24.2. The number of imide groups is 1. The molecule has 8 nitrogen and oxygen atoms in total. The number of nitrogens with zero attached hydrogens (tertiary/aromatic N) is 4. The summed E-state index contributed by atoms with van der Waals surface area (Å²) < 4.78 is 0. The van der Waals surface area contributed by atoms with Gasteiger partial charge in [0.25, 0.3) is 5.91 Å². The minimum Gasteiger partial charge on any atom is -0.322 e. The monoisotopic (exact) mass is 310 g/mol. The number of carbonyl (C=O) groups is 2. The quantitative estimate of drug-likeness (QED) is 0.639. The molecule has 1 fully saturated rings. The van der Waals surface area contributed by atoms with E-state index in [1.165, 1.54) is 4.80 Å². The van der Waals surface area contributed by atoms with Crippen LogP contribution in [0, 0.1) is 11.8 Å². The van der Waals surface area contributed by atoms with Crippen LogP contribution < -0.4 is 10.6 Å². The van der Waals surface area contributed by atoms with Crippen molar-refractivity contribution in [1.82, 2.24) is 30.8 Å². The van der Waals surface area contributed by atoms with E-state index in [9.17, 15) is 9.59 Å². The van der Waals surface area contributed by atoms with Gasteiger partial charge in [-0.3, -0.25) is 10.1 Å². The molecule has 2 heterocycles. The van der Waals surface area contributed by atoms with Crippen molar-refractivity contribution >= 4 is 11.9 Å². The number of hydrogen-bond donors (Lipinski definition) is 2. The highest BCUT2D eigenvalue weighted by Gasteiger charge is 2.30. The molecule has 0 radical (unpaired) electrons. The van der Waals surface area contributed by atoms with Crippen LogP contribution in [0.15, 0.2) is 24.3 Å². The summed E-state index contributed by atoms with van der Waals surface area (Å²) in [5.74, 6) is 6.00. The average molecular weight is 310 g/mol. The molecule has 1 saturated heterocycles. The van der Waals surface area contributed by atoms with Gasteiger partial charge >= 0.3 is 6.03 Å². The van der Waals surface area contributed by atoms with Gasteiger partial charge in [-0.15, -0.1) is 16.1 Å². The lowest BCUT2D eigenvalue weighted by Gasteiger charge is -2.07. The summed E-state index contributed by atoms with van der Waals surface area (Å²) in [6, 6.07) is 5.93. The second kappa shape index (κ2) is 6.27. The van der Waals surface area contributed by atoms with Gasteiger partial charge in [0, 0.05) is 12.0 Å². The first-order valence-electron chi connectivity index (χ1n) is 7.12. The number of tetrazole rings is 1. The van der Waals surface area contributed by atoms with Crippen LogP contribution in [0.2, 0.25) is 0 Å². The van der Waals surface area contributed by atoms with Crippen molar-refractivity contribution in [3.05, 3.63) is 29.8 Å². The van der Waals surface area contributed by atoms with Gasteiger partial charge in [-0.25, -0.2) is 4.79 Å². The standard InChI is InChI=1S/C15H14N6O2/c1-2-3-4-9-21-19-13(18-20-21)11-7-5-10(6-8-11)12-14(22)17-15(23)16-12/h5-8,12H,2,9H2,1H3,(H2,16,17,22,23). The van der Waals surface area contributed by atoms with Gasteiger partial charge in [0.05, 0.1) is 0 Å². The summed E-state index contributed by atoms with van der Waals surface area (Å²) >= 11 is 0. The predicted molar refractivity (Wildman–Crippen MR) is 80.7 cm³/mol. The Morgan fingerprint density at radius 2 is 2.00 bits per heavy atom. The molecule has 0 aliphatic carbocycles. The molecular formula is C15H14N6O2. The Labute approximate surface area is 132 Å². The summed E-state index contributed by atoms with van der Waals surface area (Å²) in [6.45, 7) is 2.37. The largest absolute Gasteiger partial charge is 0.322 e. The van der Waals surface area contributed by atoms with Crippen molar-refractivity contribution < 1.29 is 9.59 Å². The maximum Gasteiger partial charge on any atom is 0.322 e. The molecule has 2 N–H and O–H groups in total. The van der Waals surface area contributed by atoms with E-state index in [-0.39, 0.29) is 5.91 Å². The van der Waals surface area contributed by atoms with Crippen LogP contribution in [0.5, 0.6) is 0 Å². The first-order valence-corrected chi connectivity index (χ1v) is 7.12. The van der Waals surface area contributed by atoms with Gasteiger partial charge in [-0.2, -0.15) is 4.80 Å². The molecule has 1 aromatic carbocycles. The minimum atomic E-state index is -0.662. The van der Waals surface area contributed by atoms with Crippen molar-refractivity contribution in [2.24, 2.45) is 0 Å². The first-order chi connectivity index (χ1) is 11.2. The lowest BCUT2D eigenvalue weighted by Crippen LogP contribution is -2.22. The van der Waals surface area contributed by atoms with Gasteiger partial charge in [-0.05, 0) is 10.8 Å². The lowest BCUT2D eigenvalue weighted by atomic mass is 10.0. The number of aromatic nitrogens is 4. The van der Waals surface area contributed by atoms with Gasteiger partial charge in [0.2, 0.25) is 5.82 Å². The summed E-state index contributed by atoms with van der Waals surface area (Å²) in [5, 5.41) is 16.9. The van der Waals surface area contributed by atoms with E-state index in [2.05, 4.69) is 37.9 Å². The summed E-state index contributed by atoms with van der Waals surface area (Å²) in [7, 11) is 0. The second-order valence-electron chi connectivity index (χ2n) is 4.87. The number of amides is 3. The Bertz CT molecular complexity index is 799. The Hall–Kier alpha value is -3.21. The molecule has 8 heteroatoms. The number of urea groups is 1. The SMILES string of the molecule is CCC#CCn1nnc(-c2ccc(C3NC(=O)NC3=O)cc2)n1. The number of hydrogen-bond acceptors (Lipinski definition) is 5. The molecule has 1 aromatic heterocycles. The smallest absolute Gasteiger partial charge is 0.322 e. The fourth-order valence-corrected chi connectivity index (χ4v) is 2.15. The fraction of sp³-hybridized carbons (Fsp3) is 0.267. The molecule has 0 bridgehead atoms. The van der Waals surface area contributed by atoms with Crippen LogP contribution in [0.3, 0.4) is 0 Å². The Kier molecular flexibility index (Phi) is 4.01. The molecule has 2 aromatic rings. The highest BCUT2D eigenvalue weighted by Crippen LogP contribution is 2.20. The van der Waals surface area contributed by atoms with Crippen molar-refractivity contribution in [2.75, 3.05) is 0 Å². The van der Waals surface area contributed by atoms with Crippen molar-refractivity contribution in [1.29, 1.82) is 0 Å². The zero-order valence-electron chi connectivity index (χ0n) is 12.4. The lowest BCUT2D eigenvalue weighted by molar-refractivity contribution is -0.120. The van der Waals surface area contributed by atoms with Crippen molar-refractivity contribution in [3.63, 3.8) is 0 Å². The zero-order valence-corrected chi connectivity index (χ0v) is 12.4. The van der Waals surface area contributed by atoms with E-state index in [1.807, 2.05) is 6.92 Å². The van der Waals surface area contributed by atoms with Gasteiger partial charge < -0.3 is 5.32 Å². The molecule has 1 unspecified atom stereocenters. The average Bonchev–Trinajstić information content (AvgIpc) is 3.14. The molecule has 23 heavy (non-hydrogen) atoms. The third-order valence-corrected chi connectivity index (χ3v) is 3.25. The van der Waals surface area contributed by atoms with Crippen LogP contribution in [-0.2, 0) is 11.3 Å². The van der Waals surface area contributed by atoms with E-state index in [0.29, 0.717) is 17.9 Å². The maximum atomic E-state index is 11.6. The third-order valence-electron chi connectivity index (χ3n) is 3.25. The fourth-order valence-electron chi connectivity index (χ4n) is 2.15. The highest BCUT2D eigenvalue weighted by atomic mass is 16.2. The van der Waals surface area contributed by atoms with Gasteiger partial charge in [0.1, 0.15) is 12.6 Å². The molecule has 3 rings (SSSR count). The van der Waals surface area contributed by atoms with Gasteiger partial charge in [0.15, 0.2) is 0 Å². The molecular weight excluding hydrogens is 296 g/mol. The Morgan fingerprint density at radius 1 is 1.22 bits per heavy atom. The van der Waals surface area contributed by atoms with Crippen molar-refractivity contribution in [3.8, 4) is 23.2 Å². The number of carbonyl (C=O) groups excluding carboxylic acids is 2. The van der Waals surface area contributed by atoms with Crippen LogP contribution in [-0.4, -0.2) is 32.1 Å². The van der Waals surface area contributed by atoms with Crippen LogP contribution in [0.25, 0.3) is 11.4 Å². The van der Waals surface area contributed by atoms with E-state index >= 15 is 0 Å². The molecule has 1 atom stereocenters. The Morgan fingerprint density at radius 3 is 2.65 bits per heavy atom. The molecule has 1 aliphatic rings. The molecule has 116 valence electrons. The highest BCUT2D eigenvalue weighted by molar-refractivity contribution is 6.04. The second-order valence-corrected chi connectivity index (χ2v) is 4.87. The molecule has 0 saturated carbocycles. The van der Waals surface area contributed by atoms with Crippen LogP contribution >= 0.6 is 0 Å². The minimum absolute atomic E-state index is 0.360. The van der Waals surface area contributed by atoms with E-state index < -0.39 is 12.1 Å². The topological polar surface area (TPSA) is 102 Å². The summed E-state index contributed by atoms with van der Waals surface area (Å²) in [5.41, 5.74) is 1.46. The van der Waals surface area contributed by atoms with Crippen molar-refractivity contribution in [2.45, 2.75) is 25.9 Å². The van der Waals surface area contributed by atoms with Crippen LogP contribution in [0.4, 0.5) is 4.79 Å². The Balaban J connectivity index is 1.75. The molecule has 0 spiro atoms. The number of rotatable bonds is 3. The molecule has 1 aliphatic heterocycles. The third kappa shape index (κ3) is 3.18. The zero-order chi connectivity index (χ0) is 16.2. The van der Waals surface area contributed by atoms with Gasteiger partial charge in [-0.1, -0.05) is 37.1 Å². The van der Waals surface area contributed by atoms with E-state index in [4.69, 9.17) is 0 Å². The van der Waals surface area contributed by atoms with Crippen LogP contribution in [0.1, 0.15) is 24.9 Å². The normalized spacial score (nSPS) is 16.5. The predicted octanol–water partition coefficient (Wildman–Crippen LogP) is 0.634. The van der Waals surface area contributed by atoms with E-state index in [0.717, 1.165) is 12.0 Å². The number of benzene rings is 1. The first kappa shape index (κ1) is 14.7. The summed E-state index contributed by atoms with van der Waals surface area (Å²) in [6.07, 6.45) is 0.786.